The van der Waals surface area contributed by atoms with Gasteiger partial charge in [-0.15, -0.1) is 0 Å². The molecule has 0 bridgehead atoms. The van der Waals surface area contributed by atoms with Crippen LogP contribution in [0.1, 0.15) is 0 Å². The molecule has 7 heavy (non-hydrogen) atoms. The van der Waals surface area contributed by atoms with Gasteiger partial charge in [0.1, 0.15) is 0 Å². The summed E-state index contributed by atoms with van der Waals surface area (Å²) in [5.74, 6) is 0. The number of hydrogen-bond donors (Lipinski definition) is 2. The molecule has 0 fully saturated rings. The van der Waals surface area contributed by atoms with E-state index in [2.05, 4.69) is 3.32 Å². The summed E-state index contributed by atoms with van der Waals surface area (Å²) in [4.78, 5) is 0. The Kier molecular flexibility index (Phi) is 4.81. The fourth-order valence-corrected chi connectivity index (χ4v) is 0.548. The molecule has 5 heteroatoms. The van der Waals surface area contributed by atoms with E-state index in [4.69, 9.17) is 8.79 Å². The van der Waals surface area contributed by atoms with Crippen LogP contribution in [0.4, 0.5) is 0 Å². The average Bonchev–Trinajstić information content (AvgIpc) is 1.61. The van der Waals surface area contributed by atoms with Gasteiger partial charge in [0, 0.05) is 0 Å². The molecule has 0 aromatic rings. The van der Waals surface area contributed by atoms with Crippen molar-refractivity contribution in [1.82, 2.24) is 0 Å². The van der Waals surface area contributed by atoms with Crippen molar-refractivity contribution in [1.29, 1.82) is 0 Å². The van der Waals surface area contributed by atoms with Crippen LogP contribution in [0.3, 0.4) is 0 Å². The Morgan fingerprint density at radius 3 is 2.43 bits per heavy atom. The van der Waals surface area contributed by atoms with Crippen LogP contribution in [0.2, 0.25) is 0 Å². The molecule has 0 rings (SSSR count). The van der Waals surface area contributed by atoms with Crippen LogP contribution in [0.5, 0.6) is 0 Å². The fraction of sp³-hybridized carbons (Fsp3) is 1.00. The summed E-state index contributed by atoms with van der Waals surface area (Å²) in [5, 5.41) is 7.97. The van der Waals surface area contributed by atoms with E-state index in [0.717, 1.165) is 0 Å². The van der Waals surface area contributed by atoms with Crippen LogP contribution in [0.15, 0.2) is 0 Å². The first-order valence-electron chi connectivity index (χ1n) is 1.74. The normalized spacial score (nSPS) is 8.86. The van der Waals surface area contributed by atoms with E-state index >= 15 is 0 Å². The Morgan fingerprint density at radius 2 is 2.29 bits per heavy atom. The maximum absolute atomic E-state index is 9.67. The molecule has 0 atom stereocenters. The quantitative estimate of drug-likeness (QED) is 0.484. The van der Waals surface area contributed by atoms with Gasteiger partial charge in [0.2, 0.25) is 0 Å². The predicted octanol–water partition coefficient (Wildman–Crippen LogP) is -1.22. The fourth-order valence-electron chi connectivity index (χ4n) is 0.133. The second-order valence-electron chi connectivity index (χ2n) is 0.838. The summed E-state index contributed by atoms with van der Waals surface area (Å²) in [6.07, 6.45) is 0. The summed E-state index contributed by atoms with van der Waals surface area (Å²) in [6.45, 7) is -0.228. The third-order valence-corrected chi connectivity index (χ3v) is 1.02. The van der Waals surface area contributed by atoms with Gasteiger partial charge in [0.15, 0.2) is 0 Å². The van der Waals surface area contributed by atoms with Gasteiger partial charge in [-0.2, -0.15) is 0 Å². The number of hydrogen-bond acceptors (Lipinski definition) is 3. The van der Waals surface area contributed by atoms with Gasteiger partial charge < -0.3 is 0 Å². The van der Waals surface area contributed by atoms with Gasteiger partial charge in [-0.1, -0.05) is 0 Å². The number of aliphatic hydroxyl groups is 1. The summed E-state index contributed by atoms with van der Waals surface area (Å²) in [5.41, 5.74) is 0. The molecule has 0 aliphatic carbocycles. The molecule has 0 amide bonds. The van der Waals surface area contributed by atoms with Gasteiger partial charge in [-0.3, -0.25) is 0 Å². The van der Waals surface area contributed by atoms with Crippen molar-refractivity contribution in [3.8, 4) is 0 Å². The average molecular weight is 142 g/mol. The Bertz CT molecular complexity index is 62.7. The summed E-state index contributed by atoms with van der Waals surface area (Å²) < 4.78 is 21.7. The van der Waals surface area contributed by atoms with Crippen LogP contribution in [-0.2, 0) is 25.3 Å². The Labute approximate surface area is 47.8 Å². The van der Waals surface area contributed by atoms with Crippen molar-refractivity contribution >= 4 is 0 Å². The molecule has 0 aliphatic heterocycles. The summed E-state index contributed by atoms with van der Waals surface area (Å²) >= 11 is -3.32. The van der Waals surface area contributed by atoms with Crippen LogP contribution >= 0.6 is 0 Å². The van der Waals surface area contributed by atoms with Crippen molar-refractivity contribution < 1.29 is 34.1 Å². The van der Waals surface area contributed by atoms with Gasteiger partial charge in [0.25, 0.3) is 0 Å². The molecule has 0 saturated carbocycles. The monoisotopic (exact) mass is 142 g/mol. The molecule has 0 spiro atoms. The topological polar surface area (TPSA) is 66.8 Å². The first kappa shape index (κ1) is 7.39. The number of aliphatic hydroxyl groups excluding tert-OH is 1. The molecule has 0 aromatic heterocycles. The van der Waals surface area contributed by atoms with Gasteiger partial charge >= 0.3 is 47.3 Å². The first-order chi connectivity index (χ1) is 3.27. The molecular weight excluding hydrogens is 136 g/mol. The second kappa shape index (κ2) is 4.55. The zero-order valence-corrected chi connectivity index (χ0v) is 5.19. The van der Waals surface area contributed by atoms with Crippen LogP contribution < -0.4 is 0 Å². The summed E-state index contributed by atoms with van der Waals surface area (Å²) in [6, 6.07) is 0. The molecule has 0 aromatic carbocycles. The molecule has 42 valence electrons. The Hall–Kier alpha value is 0.394. The zero-order chi connectivity index (χ0) is 5.70. The van der Waals surface area contributed by atoms with Crippen molar-refractivity contribution in [3.63, 3.8) is 0 Å². The second-order valence-corrected chi connectivity index (χ2v) is 2.12. The minimum absolute atomic E-state index is 0.0324. The minimum atomic E-state index is -3.32. The third-order valence-electron chi connectivity index (χ3n) is 0.317. The first-order valence-corrected chi connectivity index (χ1v) is 3.71. The zero-order valence-electron chi connectivity index (χ0n) is 3.63. The SMILES string of the molecule is [O]=[Ti]([OH])[O]CCO. The van der Waals surface area contributed by atoms with Crippen molar-refractivity contribution in [2.45, 2.75) is 0 Å². The van der Waals surface area contributed by atoms with E-state index in [0.29, 0.717) is 0 Å². The number of rotatable bonds is 3. The van der Waals surface area contributed by atoms with Crippen LogP contribution in [0.25, 0.3) is 0 Å². The third kappa shape index (κ3) is 6.39. The molecular formula is C2H6O4Ti. The van der Waals surface area contributed by atoms with Gasteiger partial charge in [-0.25, -0.2) is 0 Å². The Morgan fingerprint density at radius 1 is 1.71 bits per heavy atom. The van der Waals surface area contributed by atoms with E-state index in [1.165, 1.54) is 0 Å². The van der Waals surface area contributed by atoms with Crippen molar-refractivity contribution in [2.75, 3.05) is 13.2 Å². The van der Waals surface area contributed by atoms with Crippen molar-refractivity contribution in [2.24, 2.45) is 0 Å². The summed E-state index contributed by atoms with van der Waals surface area (Å²) in [7, 11) is 0. The van der Waals surface area contributed by atoms with Gasteiger partial charge in [0.05, 0.1) is 0 Å². The molecule has 2 N–H and O–H groups in total. The van der Waals surface area contributed by atoms with E-state index in [-0.39, 0.29) is 13.2 Å². The molecule has 4 nitrogen and oxygen atoms in total. The van der Waals surface area contributed by atoms with Crippen molar-refractivity contribution in [3.05, 3.63) is 0 Å². The van der Waals surface area contributed by atoms with E-state index in [1.54, 1.807) is 0 Å². The van der Waals surface area contributed by atoms with Gasteiger partial charge in [-0.05, 0) is 0 Å². The maximum atomic E-state index is 9.67. The molecule has 0 unspecified atom stereocenters. The predicted molar refractivity (Wildman–Crippen MR) is 15.9 cm³/mol. The molecule has 0 aliphatic rings. The van der Waals surface area contributed by atoms with E-state index < -0.39 is 18.6 Å². The van der Waals surface area contributed by atoms with Crippen LogP contribution in [0, 0.1) is 0 Å². The Balaban J connectivity index is 2.82. The van der Waals surface area contributed by atoms with E-state index in [1.807, 2.05) is 0 Å². The molecule has 0 radical (unpaired) electrons. The van der Waals surface area contributed by atoms with E-state index in [9.17, 15) is 3.32 Å². The standard InChI is InChI=1S/C2H5O2.H2O.O.Ti/c3-1-2-4;;;/h3H,1-2H2;1H2;;/q-1;;;+2/p-1. The molecule has 0 heterocycles. The van der Waals surface area contributed by atoms with Crippen LogP contribution in [-0.4, -0.2) is 22.0 Å². The molecule has 0 saturated heterocycles.